The molecule has 94 valence electrons. The first-order chi connectivity index (χ1) is 8.74. The molecule has 2 aromatic rings. The van der Waals surface area contributed by atoms with Gasteiger partial charge in [-0.3, -0.25) is 4.98 Å². The van der Waals surface area contributed by atoms with Crippen LogP contribution in [0.1, 0.15) is 21.9 Å². The number of ether oxygens (including phenoxy) is 1. The highest BCUT2D eigenvalue weighted by molar-refractivity contribution is 5.88. The zero-order chi connectivity index (χ0) is 13.0. The molecule has 6 heteroatoms. The number of pyridine rings is 1. The van der Waals surface area contributed by atoms with Crippen molar-refractivity contribution < 1.29 is 9.53 Å². The van der Waals surface area contributed by atoms with E-state index in [9.17, 15) is 4.79 Å². The third kappa shape index (κ3) is 2.54. The second-order valence-corrected chi connectivity index (χ2v) is 3.71. The van der Waals surface area contributed by atoms with E-state index in [1.165, 1.54) is 13.3 Å². The summed E-state index contributed by atoms with van der Waals surface area (Å²) in [6.07, 6.45) is 5.04. The Morgan fingerprint density at radius 3 is 2.89 bits per heavy atom. The van der Waals surface area contributed by atoms with E-state index < -0.39 is 0 Å². The molecule has 0 aromatic carbocycles. The maximum Gasteiger partial charge on any atom is 0.339 e. The van der Waals surface area contributed by atoms with E-state index in [1.807, 2.05) is 10.8 Å². The van der Waals surface area contributed by atoms with Gasteiger partial charge in [-0.25, -0.2) is 9.78 Å². The first-order valence-corrected chi connectivity index (χ1v) is 5.48. The standard InChI is InChI=1S/C12H14N4O2/c1-18-12(17)9-2-3-10(15-7-9)8-16-5-4-14-11(16)6-13/h2-5,7H,6,8,13H2,1H3. The van der Waals surface area contributed by atoms with E-state index >= 15 is 0 Å². The van der Waals surface area contributed by atoms with Crippen LogP contribution in [0.3, 0.4) is 0 Å². The lowest BCUT2D eigenvalue weighted by Crippen LogP contribution is -2.10. The predicted molar refractivity (Wildman–Crippen MR) is 64.8 cm³/mol. The second-order valence-electron chi connectivity index (χ2n) is 3.71. The lowest BCUT2D eigenvalue weighted by Gasteiger charge is -2.06. The van der Waals surface area contributed by atoms with Gasteiger partial charge in [-0.05, 0) is 12.1 Å². The third-order valence-electron chi connectivity index (χ3n) is 2.56. The lowest BCUT2D eigenvalue weighted by molar-refractivity contribution is 0.0600. The molecule has 6 nitrogen and oxygen atoms in total. The van der Waals surface area contributed by atoms with E-state index in [4.69, 9.17) is 5.73 Å². The van der Waals surface area contributed by atoms with E-state index in [0.29, 0.717) is 18.7 Å². The molecule has 0 spiro atoms. The first-order valence-electron chi connectivity index (χ1n) is 5.48. The number of hydrogen-bond acceptors (Lipinski definition) is 5. The molecule has 0 aliphatic rings. The summed E-state index contributed by atoms with van der Waals surface area (Å²) >= 11 is 0. The maximum absolute atomic E-state index is 11.2. The Hall–Kier alpha value is -2.21. The largest absolute Gasteiger partial charge is 0.465 e. The molecule has 2 rings (SSSR count). The smallest absolute Gasteiger partial charge is 0.339 e. The van der Waals surface area contributed by atoms with Gasteiger partial charge < -0.3 is 15.0 Å². The van der Waals surface area contributed by atoms with Gasteiger partial charge >= 0.3 is 5.97 Å². The molecule has 2 aromatic heterocycles. The van der Waals surface area contributed by atoms with E-state index in [1.54, 1.807) is 18.3 Å². The number of nitrogens with two attached hydrogens (primary N) is 1. The minimum absolute atomic E-state index is 0.382. The Balaban J connectivity index is 2.13. The fraction of sp³-hybridized carbons (Fsp3) is 0.250. The van der Waals surface area contributed by atoms with Gasteiger partial charge in [0.1, 0.15) is 5.82 Å². The van der Waals surface area contributed by atoms with E-state index in [2.05, 4.69) is 14.7 Å². The molecule has 0 saturated heterocycles. The summed E-state index contributed by atoms with van der Waals surface area (Å²) in [5.41, 5.74) is 6.83. The molecule has 0 saturated carbocycles. The van der Waals surface area contributed by atoms with Crippen molar-refractivity contribution in [3.05, 3.63) is 47.8 Å². The van der Waals surface area contributed by atoms with Gasteiger partial charge in [-0.15, -0.1) is 0 Å². The molecule has 0 amide bonds. The van der Waals surface area contributed by atoms with Crippen molar-refractivity contribution in [1.82, 2.24) is 14.5 Å². The number of hydrogen-bond donors (Lipinski definition) is 1. The number of carbonyl (C=O) groups is 1. The number of methoxy groups -OCH3 is 1. The van der Waals surface area contributed by atoms with Crippen LogP contribution in [0.15, 0.2) is 30.7 Å². The summed E-state index contributed by atoms with van der Waals surface area (Å²) in [5.74, 6) is 0.410. The third-order valence-corrected chi connectivity index (χ3v) is 2.56. The van der Waals surface area contributed by atoms with Gasteiger partial charge in [-0.1, -0.05) is 0 Å². The summed E-state index contributed by atoms with van der Waals surface area (Å²) in [4.78, 5) is 19.6. The predicted octanol–water partition coefficient (Wildman–Crippen LogP) is 0.572. The van der Waals surface area contributed by atoms with Crippen LogP contribution >= 0.6 is 0 Å². The summed E-state index contributed by atoms with van der Waals surface area (Å²) < 4.78 is 6.52. The Morgan fingerprint density at radius 1 is 1.44 bits per heavy atom. The summed E-state index contributed by atoms with van der Waals surface area (Å²) in [7, 11) is 1.34. The highest BCUT2D eigenvalue weighted by atomic mass is 16.5. The number of nitrogens with zero attached hydrogens (tertiary/aromatic N) is 3. The highest BCUT2D eigenvalue weighted by Crippen LogP contribution is 2.05. The number of aromatic nitrogens is 3. The van der Waals surface area contributed by atoms with Crippen molar-refractivity contribution >= 4 is 5.97 Å². The Bertz CT molecular complexity index is 533. The molecule has 2 heterocycles. The normalized spacial score (nSPS) is 10.3. The fourth-order valence-corrected chi connectivity index (χ4v) is 1.61. The molecule has 0 aliphatic heterocycles. The van der Waals surface area contributed by atoms with Crippen molar-refractivity contribution in [2.24, 2.45) is 5.73 Å². The number of carbonyl (C=O) groups excluding carboxylic acids is 1. The minimum atomic E-state index is -0.390. The molecule has 0 fully saturated rings. The van der Waals surface area contributed by atoms with Crippen molar-refractivity contribution in [3.8, 4) is 0 Å². The Morgan fingerprint density at radius 2 is 2.28 bits per heavy atom. The van der Waals surface area contributed by atoms with Crippen LogP contribution in [0.4, 0.5) is 0 Å². The number of imidazole rings is 1. The quantitative estimate of drug-likeness (QED) is 0.797. The zero-order valence-electron chi connectivity index (χ0n) is 10.0. The number of rotatable bonds is 4. The average Bonchev–Trinajstić information content (AvgIpc) is 2.86. The molecule has 0 unspecified atom stereocenters. The molecule has 0 atom stereocenters. The molecular weight excluding hydrogens is 232 g/mol. The van der Waals surface area contributed by atoms with Gasteiger partial charge in [0.2, 0.25) is 0 Å². The Kier molecular flexibility index (Phi) is 3.69. The summed E-state index contributed by atoms with van der Waals surface area (Å²) in [5, 5.41) is 0. The molecule has 0 radical (unpaired) electrons. The van der Waals surface area contributed by atoms with Crippen LogP contribution in [-0.4, -0.2) is 27.6 Å². The monoisotopic (exact) mass is 246 g/mol. The van der Waals surface area contributed by atoms with Gasteiger partial charge in [0.15, 0.2) is 0 Å². The maximum atomic E-state index is 11.2. The van der Waals surface area contributed by atoms with Gasteiger partial charge in [0.05, 0.1) is 31.5 Å². The molecule has 0 aliphatic carbocycles. The Labute approximate surface area is 104 Å². The van der Waals surface area contributed by atoms with Crippen LogP contribution in [0.25, 0.3) is 0 Å². The second kappa shape index (κ2) is 5.42. The molecular formula is C12H14N4O2. The zero-order valence-corrected chi connectivity index (χ0v) is 10.0. The minimum Gasteiger partial charge on any atom is -0.465 e. The van der Waals surface area contributed by atoms with Gasteiger partial charge in [0, 0.05) is 18.6 Å². The highest BCUT2D eigenvalue weighted by Gasteiger charge is 2.06. The van der Waals surface area contributed by atoms with Crippen LogP contribution in [-0.2, 0) is 17.8 Å². The summed E-state index contributed by atoms with van der Waals surface area (Å²) in [6, 6.07) is 3.47. The van der Waals surface area contributed by atoms with Gasteiger partial charge in [0.25, 0.3) is 0 Å². The van der Waals surface area contributed by atoms with Crippen LogP contribution in [0.2, 0.25) is 0 Å². The molecule has 2 N–H and O–H groups in total. The molecule has 18 heavy (non-hydrogen) atoms. The van der Waals surface area contributed by atoms with Crippen molar-refractivity contribution in [2.75, 3.05) is 7.11 Å². The lowest BCUT2D eigenvalue weighted by atomic mass is 10.2. The first kappa shape index (κ1) is 12.3. The average molecular weight is 246 g/mol. The number of esters is 1. The van der Waals surface area contributed by atoms with Crippen molar-refractivity contribution in [1.29, 1.82) is 0 Å². The topological polar surface area (TPSA) is 83.0 Å². The summed E-state index contributed by atoms with van der Waals surface area (Å²) in [6.45, 7) is 0.960. The fourth-order valence-electron chi connectivity index (χ4n) is 1.61. The van der Waals surface area contributed by atoms with E-state index in [0.717, 1.165) is 11.5 Å². The van der Waals surface area contributed by atoms with Crippen molar-refractivity contribution in [3.63, 3.8) is 0 Å². The van der Waals surface area contributed by atoms with Crippen LogP contribution < -0.4 is 5.73 Å². The van der Waals surface area contributed by atoms with Crippen molar-refractivity contribution in [2.45, 2.75) is 13.1 Å². The van der Waals surface area contributed by atoms with E-state index in [-0.39, 0.29) is 5.97 Å². The van der Waals surface area contributed by atoms with Crippen LogP contribution in [0, 0.1) is 0 Å². The SMILES string of the molecule is COC(=O)c1ccc(Cn2ccnc2CN)nc1. The van der Waals surface area contributed by atoms with Gasteiger partial charge in [-0.2, -0.15) is 0 Å². The molecule has 0 bridgehead atoms. The van der Waals surface area contributed by atoms with Crippen LogP contribution in [0.5, 0.6) is 0 Å².